The van der Waals surface area contributed by atoms with Crippen molar-refractivity contribution < 1.29 is 31.2 Å². The number of nitrogens with one attached hydrogen (secondary N) is 1. The minimum atomic E-state index is -3.17. The van der Waals surface area contributed by atoms with Gasteiger partial charge in [-0.25, -0.2) is 22.0 Å². The highest BCUT2D eigenvalue weighted by atomic mass is 35.5. The maximum absolute atomic E-state index is 14.0. The Labute approximate surface area is 214 Å². The van der Waals surface area contributed by atoms with Crippen molar-refractivity contribution in [3.05, 3.63) is 85.9 Å². The Morgan fingerprint density at radius 2 is 1.75 bits per heavy atom. The van der Waals surface area contributed by atoms with Crippen LogP contribution in [-0.4, -0.2) is 25.5 Å². The molecule has 0 saturated carbocycles. The number of halogens is 8. The van der Waals surface area contributed by atoms with E-state index in [2.05, 4.69) is 15.5 Å². The minimum Gasteiger partial charge on any atom is -0.454 e. The Hall–Kier alpha value is -3.09. The molecule has 0 saturated heterocycles. The van der Waals surface area contributed by atoms with Crippen LogP contribution in [0.1, 0.15) is 46.1 Å². The van der Waals surface area contributed by atoms with Crippen LogP contribution < -0.4 is 5.32 Å². The van der Waals surface area contributed by atoms with E-state index in [0.717, 1.165) is 0 Å². The summed E-state index contributed by atoms with van der Waals surface area (Å²) in [6, 6.07) is 6.71. The standard InChI is InChI=1S/C21H13Cl3F5N5O2/c22-11-2-1-3-13(25)10(11)7-33-8-12(23)20(32-33)30-21(35)14-5-4-9(36-14)6-34-17(19(28)29)15(24)16(31-34)18(26)27/h1-5,8,18-19H,6-7H2,(H,30,32,35). The summed E-state index contributed by atoms with van der Waals surface area (Å²) in [4.78, 5) is 12.6. The van der Waals surface area contributed by atoms with Crippen molar-refractivity contribution in [2.75, 3.05) is 5.32 Å². The fourth-order valence-corrected chi connectivity index (χ4v) is 3.97. The predicted octanol–water partition coefficient (Wildman–Crippen LogP) is 7.00. The zero-order valence-corrected chi connectivity index (χ0v) is 19.9. The van der Waals surface area contributed by atoms with Crippen molar-refractivity contribution in [3.8, 4) is 0 Å². The number of carbonyl (C=O) groups excluding carboxylic acids is 1. The van der Waals surface area contributed by atoms with Crippen LogP contribution in [0.3, 0.4) is 0 Å². The van der Waals surface area contributed by atoms with Gasteiger partial charge in [-0.1, -0.05) is 40.9 Å². The van der Waals surface area contributed by atoms with Gasteiger partial charge in [0, 0.05) is 16.8 Å². The zero-order chi connectivity index (χ0) is 26.1. The fourth-order valence-electron chi connectivity index (χ4n) is 3.25. The van der Waals surface area contributed by atoms with Gasteiger partial charge in [-0.3, -0.25) is 14.2 Å². The number of amides is 1. The Morgan fingerprint density at radius 3 is 2.42 bits per heavy atom. The van der Waals surface area contributed by atoms with Crippen LogP contribution in [0.25, 0.3) is 0 Å². The zero-order valence-electron chi connectivity index (χ0n) is 17.7. The third-order valence-electron chi connectivity index (χ3n) is 4.89. The van der Waals surface area contributed by atoms with Gasteiger partial charge >= 0.3 is 0 Å². The fraction of sp³-hybridized carbons (Fsp3) is 0.190. The second-order valence-electron chi connectivity index (χ2n) is 7.29. The predicted molar refractivity (Wildman–Crippen MR) is 121 cm³/mol. The number of furan rings is 1. The van der Waals surface area contributed by atoms with E-state index in [1.807, 2.05) is 0 Å². The van der Waals surface area contributed by atoms with Crippen LogP contribution in [-0.2, 0) is 13.1 Å². The van der Waals surface area contributed by atoms with E-state index in [0.29, 0.717) is 4.68 Å². The summed E-state index contributed by atoms with van der Waals surface area (Å²) in [6.07, 6.45) is -4.98. The number of carbonyl (C=O) groups is 1. The molecule has 4 aromatic rings. The average molecular weight is 569 g/mol. The van der Waals surface area contributed by atoms with Crippen molar-refractivity contribution in [2.24, 2.45) is 0 Å². The van der Waals surface area contributed by atoms with Crippen molar-refractivity contribution >= 4 is 46.5 Å². The summed E-state index contributed by atoms with van der Waals surface area (Å²) in [7, 11) is 0. The Kier molecular flexibility index (Phi) is 7.57. The number of benzene rings is 1. The van der Waals surface area contributed by atoms with Crippen LogP contribution >= 0.6 is 34.8 Å². The lowest BCUT2D eigenvalue weighted by Crippen LogP contribution is -2.12. The molecule has 1 aromatic carbocycles. The van der Waals surface area contributed by atoms with Gasteiger partial charge in [0.15, 0.2) is 11.6 Å². The van der Waals surface area contributed by atoms with Crippen LogP contribution in [0.5, 0.6) is 0 Å². The van der Waals surface area contributed by atoms with Crippen LogP contribution in [0, 0.1) is 5.82 Å². The highest BCUT2D eigenvalue weighted by molar-refractivity contribution is 6.33. The molecule has 0 spiro atoms. The average Bonchev–Trinajstić information content (AvgIpc) is 3.49. The van der Waals surface area contributed by atoms with E-state index in [-0.39, 0.29) is 39.5 Å². The minimum absolute atomic E-state index is 0.0344. The Balaban J connectivity index is 1.48. The summed E-state index contributed by atoms with van der Waals surface area (Å²) in [5.74, 6) is -1.69. The number of aromatic nitrogens is 4. The van der Waals surface area contributed by atoms with Gasteiger partial charge in [0.2, 0.25) is 0 Å². The molecule has 190 valence electrons. The monoisotopic (exact) mass is 567 g/mol. The van der Waals surface area contributed by atoms with E-state index in [1.165, 1.54) is 41.2 Å². The van der Waals surface area contributed by atoms with Gasteiger partial charge in [-0.2, -0.15) is 10.2 Å². The molecule has 1 amide bonds. The van der Waals surface area contributed by atoms with Gasteiger partial charge in [-0.05, 0) is 24.3 Å². The molecule has 1 N–H and O–H groups in total. The first-order valence-corrected chi connectivity index (χ1v) is 11.1. The first-order valence-electron chi connectivity index (χ1n) is 9.93. The molecule has 3 heterocycles. The number of rotatable bonds is 8. The van der Waals surface area contributed by atoms with Crippen molar-refractivity contribution in [1.82, 2.24) is 19.6 Å². The number of anilines is 1. The molecule has 0 aliphatic heterocycles. The van der Waals surface area contributed by atoms with E-state index in [4.69, 9.17) is 39.2 Å². The van der Waals surface area contributed by atoms with E-state index < -0.39 is 47.5 Å². The Morgan fingerprint density at radius 1 is 1.00 bits per heavy atom. The number of nitrogens with zero attached hydrogens (tertiary/aromatic N) is 4. The second kappa shape index (κ2) is 10.5. The summed E-state index contributed by atoms with van der Waals surface area (Å²) in [5.41, 5.74) is -1.72. The Bertz CT molecular complexity index is 1400. The maximum Gasteiger partial charge on any atom is 0.292 e. The van der Waals surface area contributed by atoms with E-state index in [1.54, 1.807) is 0 Å². The molecule has 0 radical (unpaired) electrons. The lowest BCUT2D eigenvalue weighted by Gasteiger charge is -2.06. The molecule has 4 rings (SSSR count). The molecule has 0 aliphatic rings. The van der Waals surface area contributed by atoms with E-state index in [9.17, 15) is 26.7 Å². The molecule has 0 bridgehead atoms. The molecule has 36 heavy (non-hydrogen) atoms. The number of hydrogen-bond acceptors (Lipinski definition) is 4. The smallest absolute Gasteiger partial charge is 0.292 e. The van der Waals surface area contributed by atoms with E-state index >= 15 is 0 Å². The maximum atomic E-state index is 14.0. The topological polar surface area (TPSA) is 77.9 Å². The van der Waals surface area contributed by atoms with Gasteiger partial charge in [0.1, 0.15) is 28.0 Å². The third kappa shape index (κ3) is 5.35. The van der Waals surface area contributed by atoms with Gasteiger partial charge in [0.25, 0.3) is 18.8 Å². The lowest BCUT2D eigenvalue weighted by molar-refractivity contribution is 0.0993. The normalized spacial score (nSPS) is 11.6. The largest absolute Gasteiger partial charge is 0.454 e. The first kappa shape index (κ1) is 26.0. The van der Waals surface area contributed by atoms with Crippen molar-refractivity contribution in [1.29, 1.82) is 0 Å². The summed E-state index contributed by atoms with van der Waals surface area (Å²) < 4.78 is 73.9. The number of hydrogen-bond donors (Lipinski definition) is 1. The summed E-state index contributed by atoms with van der Waals surface area (Å²) in [6.45, 7) is -0.552. The molecule has 0 aliphatic carbocycles. The van der Waals surface area contributed by atoms with Crippen LogP contribution in [0.15, 0.2) is 40.9 Å². The molecule has 3 aromatic heterocycles. The van der Waals surface area contributed by atoms with Gasteiger partial charge < -0.3 is 9.73 Å². The van der Waals surface area contributed by atoms with Gasteiger partial charge in [-0.15, -0.1) is 0 Å². The molecule has 0 unspecified atom stereocenters. The van der Waals surface area contributed by atoms with Crippen LogP contribution in [0.4, 0.5) is 27.8 Å². The SMILES string of the molecule is O=C(Nc1nn(Cc2c(F)cccc2Cl)cc1Cl)c1ccc(Cn2nc(C(F)F)c(Cl)c2C(F)F)o1. The molecule has 0 atom stereocenters. The molecule has 15 heteroatoms. The summed E-state index contributed by atoms with van der Waals surface area (Å²) >= 11 is 17.8. The number of alkyl halides is 4. The first-order chi connectivity index (χ1) is 17.0. The molecule has 0 fully saturated rings. The third-order valence-corrected chi connectivity index (χ3v) is 5.91. The molecule has 7 nitrogen and oxygen atoms in total. The molecular weight excluding hydrogens is 556 g/mol. The molecular formula is C21H13Cl3F5N5O2. The van der Waals surface area contributed by atoms with Crippen molar-refractivity contribution in [2.45, 2.75) is 25.9 Å². The highest BCUT2D eigenvalue weighted by Crippen LogP contribution is 2.35. The summed E-state index contributed by atoms with van der Waals surface area (Å²) in [5, 5.41) is 9.32. The lowest BCUT2D eigenvalue weighted by atomic mass is 10.2. The quantitative estimate of drug-likeness (QED) is 0.232. The highest BCUT2D eigenvalue weighted by Gasteiger charge is 2.28. The van der Waals surface area contributed by atoms with Crippen LogP contribution in [0.2, 0.25) is 15.1 Å². The van der Waals surface area contributed by atoms with Crippen molar-refractivity contribution in [3.63, 3.8) is 0 Å². The second-order valence-corrected chi connectivity index (χ2v) is 8.48. The van der Waals surface area contributed by atoms with Gasteiger partial charge in [0.05, 0.1) is 18.1 Å².